The van der Waals surface area contributed by atoms with Crippen molar-refractivity contribution in [1.82, 2.24) is 24.8 Å². The first-order valence-electron chi connectivity index (χ1n) is 9.22. The molecule has 2 aliphatic rings. The topological polar surface area (TPSA) is 139 Å². The molecule has 0 aliphatic heterocycles. The van der Waals surface area contributed by atoms with E-state index in [1.807, 2.05) is 0 Å². The van der Waals surface area contributed by atoms with Crippen LogP contribution in [-0.2, 0) is 4.79 Å². The SMILES string of the molecule is CNC(=O)C12CC1C(n1cnc3c(N)nc(C#Cc4ccc(Cl)s4)nc31)C(O)C2O. The largest absolute Gasteiger partial charge is 0.389 e. The minimum atomic E-state index is -1.17. The zero-order chi connectivity index (χ0) is 21.2. The lowest BCUT2D eigenvalue weighted by Gasteiger charge is -2.23. The first-order valence-corrected chi connectivity index (χ1v) is 10.4. The van der Waals surface area contributed by atoms with Gasteiger partial charge in [-0.2, -0.15) is 0 Å². The van der Waals surface area contributed by atoms with Crippen LogP contribution in [0.25, 0.3) is 11.2 Å². The minimum absolute atomic E-state index is 0.161. The zero-order valence-corrected chi connectivity index (χ0v) is 17.3. The molecule has 2 saturated carbocycles. The standard InChI is InChI=1S/C19H17ClN6O3S/c1-22-18(29)19-6-9(19)13(14(27)15(19)28)26-7-23-12-16(21)24-11(25-17(12)26)5-3-8-2-4-10(20)30-8/h2,4,7,9,13-15,27-28H,6H2,1H3,(H,22,29)(H2,21,24,25). The number of aromatic nitrogens is 4. The highest BCUT2D eigenvalue weighted by molar-refractivity contribution is 7.16. The van der Waals surface area contributed by atoms with E-state index >= 15 is 0 Å². The molecule has 154 valence electrons. The molecule has 0 bridgehead atoms. The molecule has 9 nitrogen and oxygen atoms in total. The smallest absolute Gasteiger partial charge is 0.229 e. The van der Waals surface area contributed by atoms with Crippen LogP contribution in [-0.4, -0.2) is 54.9 Å². The van der Waals surface area contributed by atoms with Crippen LogP contribution in [0, 0.1) is 23.2 Å². The number of hydrogen-bond donors (Lipinski definition) is 4. The number of amides is 1. The summed E-state index contributed by atoms with van der Waals surface area (Å²) in [4.78, 5) is 26.1. The number of nitrogens with one attached hydrogen (secondary N) is 1. The lowest BCUT2D eigenvalue weighted by molar-refractivity contribution is -0.132. The van der Waals surface area contributed by atoms with Crippen LogP contribution < -0.4 is 11.1 Å². The number of carbonyl (C=O) groups excluding carboxylic acids is 1. The van der Waals surface area contributed by atoms with Gasteiger partial charge in [-0.25, -0.2) is 15.0 Å². The molecule has 5 rings (SSSR count). The lowest BCUT2D eigenvalue weighted by atomic mass is 9.98. The summed E-state index contributed by atoms with van der Waals surface area (Å²) >= 11 is 7.27. The van der Waals surface area contributed by atoms with E-state index in [9.17, 15) is 15.0 Å². The van der Waals surface area contributed by atoms with Gasteiger partial charge in [-0.1, -0.05) is 11.6 Å². The number of hydrogen-bond acceptors (Lipinski definition) is 8. The molecule has 5 N–H and O–H groups in total. The zero-order valence-electron chi connectivity index (χ0n) is 15.7. The molecule has 3 aromatic rings. The van der Waals surface area contributed by atoms with Crippen LogP contribution in [0.3, 0.4) is 0 Å². The van der Waals surface area contributed by atoms with Gasteiger partial charge >= 0.3 is 0 Å². The number of nitrogen functional groups attached to an aromatic ring is 1. The maximum atomic E-state index is 12.4. The predicted molar refractivity (Wildman–Crippen MR) is 111 cm³/mol. The van der Waals surface area contributed by atoms with Crippen LogP contribution in [0.2, 0.25) is 4.34 Å². The molecule has 1 amide bonds. The van der Waals surface area contributed by atoms with E-state index in [0.29, 0.717) is 21.9 Å². The molecule has 0 saturated heterocycles. The lowest BCUT2D eigenvalue weighted by Crippen LogP contribution is -2.41. The van der Waals surface area contributed by atoms with Gasteiger partial charge in [0.2, 0.25) is 11.7 Å². The van der Waals surface area contributed by atoms with Crippen molar-refractivity contribution in [1.29, 1.82) is 0 Å². The fourth-order valence-electron chi connectivity index (χ4n) is 4.50. The quantitative estimate of drug-likeness (QED) is 0.423. The molecule has 30 heavy (non-hydrogen) atoms. The summed E-state index contributed by atoms with van der Waals surface area (Å²) in [6, 6.07) is 2.99. The number of rotatable bonds is 2. The van der Waals surface area contributed by atoms with E-state index in [0.717, 1.165) is 4.88 Å². The van der Waals surface area contributed by atoms with Crippen molar-refractivity contribution in [3.05, 3.63) is 33.5 Å². The average molecular weight is 445 g/mol. The Hall–Kier alpha value is -2.71. The molecule has 0 aromatic carbocycles. The summed E-state index contributed by atoms with van der Waals surface area (Å²) in [7, 11) is 1.52. The first-order chi connectivity index (χ1) is 14.4. The molecular formula is C19H17ClN6O3S. The number of aliphatic hydroxyl groups is 2. The van der Waals surface area contributed by atoms with Crippen molar-refractivity contribution < 1.29 is 15.0 Å². The number of nitrogens with zero attached hydrogens (tertiary/aromatic N) is 4. The maximum absolute atomic E-state index is 12.4. The van der Waals surface area contributed by atoms with Gasteiger partial charge in [0, 0.05) is 13.0 Å². The van der Waals surface area contributed by atoms with Crippen molar-refractivity contribution in [2.75, 3.05) is 12.8 Å². The maximum Gasteiger partial charge on any atom is 0.229 e. The number of imidazole rings is 1. The van der Waals surface area contributed by atoms with E-state index in [4.69, 9.17) is 17.3 Å². The Morgan fingerprint density at radius 1 is 1.40 bits per heavy atom. The average Bonchev–Trinajstić information content (AvgIpc) is 2.98. The van der Waals surface area contributed by atoms with Crippen LogP contribution >= 0.6 is 22.9 Å². The first kappa shape index (κ1) is 19.3. The molecule has 0 radical (unpaired) electrons. The van der Waals surface area contributed by atoms with Crippen molar-refractivity contribution in [3.8, 4) is 11.8 Å². The van der Waals surface area contributed by atoms with Gasteiger partial charge < -0.3 is 25.8 Å². The Balaban J connectivity index is 1.56. The van der Waals surface area contributed by atoms with Crippen molar-refractivity contribution in [2.45, 2.75) is 24.7 Å². The molecule has 5 atom stereocenters. The second-order valence-corrected chi connectivity index (χ2v) is 9.18. The second-order valence-electron chi connectivity index (χ2n) is 7.47. The molecule has 3 aromatic heterocycles. The highest BCUT2D eigenvalue weighted by Crippen LogP contribution is 2.67. The molecule has 2 fully saturated rings. The number of nitrogens with two attached hydrogens (primary N) is 1. The van der Waals surface area contributed by atoms with Gasteiger partial charge in [-0.15, -0.1) is 11.3 Å². The van der Waals surface area contributed by atoms with Gasteiger partial charge in [-0.3, -0.25) is 4.79 Å². The minimum Gasteiger partial charge on any atom is -0.389 e. The van der Waals surface area contributed by atoms with Crippen LogP contribution in [0.1, 0.15) is 23.2 Å². The Morgan fingerprint density at radius 2 is 2.20 bits per heavy atom. The third-order valence-corrected chi connectivity index (χ3v) is 7.11. The predicted octanol–water partition coefficient (Wildman–Crippen LogP) is 0.552. The third-order valence-electron chi connectivity index (χ3n) is 5.96. The van der Waals surface area contributed by atoms with E-state index < -0.39 is 23.7 Å². The Bertz CT molecular complexity index is 1250. The summed E-state index contributed by atoms with van der Waals surface area (Å²) in [5.41, 5.74) is 5.83. The number of aliphatic hydroxyl groups excluding tert-OH is 2. The van der Waals surface area contributed by atoms with E-state index in [1.165, 1.54) is 24.7 Å². The third kappa shape index (κ3) is 2.63. The van der Waals surface area contributed by atoms with Crippen LogP contribution in [0.4, 0.5) is 5.82 Å². The summed E-state index contributed by atoms with van der Waals surface area (Å²) in [5.74, 6) is 5.67. The Labute approximate surface area is 179 Å². The van der Waals surface area contributed by atoms with E-state index in [-0.39, 0.29) is 23.5 Å². The number of anilines is 1. The van der Waals surface area contributed by atoms with Crippen LogP contribution in [0.15, 0.2) is 18.5 Å². The highest BCUT2D eigenvalue weighted by Gasteiger charge is 2.75. The van der Waals surface area contributed by atoms with Crippen molar-refractivity contribution in [2.24, 2.45) is 11.3 Å². The molecular weight excluding hydrogens is 428 g/mol. The second kappa shape index (κ2) is 6.65. The van der Waals surface area contributed by atoms with Gasteiger partial charge in [0.1, 0.15) is 11.6 Å². The van der Waals surface area contributed by atoms with Crippen LogP contribution in [0.5, 0.6) is 0 Å². The number of halogens is 1. The van der Waals surface area contributed by atoms with Crippen molar-refractivity contribution >= 4 is 45.8 Å². The van der Waals surface area contributed by atoms with E-state index in [1.54, 1.807) is 16.7 Å². The summed E-state index contributed by atoms with van der Waals surface area (Å²) in [6.07, 6.45) is -0.337. The molecule has 0 spiro atoms. The number of thiophene rings is 1. The molecule has 2 aliphatic carbocycles. The molecule has 3 heterocycles. The molecule has 5 unspecified atom stereocenters. The summed E-state index contributed by atoms with van der Waals surface area (Å²) in [5, 5.41) is 23.9. The Kier molecular flexibility index (Phi) is 4.27. The monoisotopic (exact) mass is 444 g/mol. The number of carbonyl (C=O) groups is 1. The summed E-state index contributed by atoms with van der Waals surface area (Å²) < 4.78 is 2.29. The fourth-order valence-corrected chi connectivity index (χ4v) is 5.39. The van der Waals surface area contributed by atoms with E-state index in [2.05, 4.69) is 32.1 Å². The molecule has 11 heteroatoms. The van der Waals surface area contributed by atoms with Gasteiger partial charge in [0.15, 0.2) is 11.5 Å². The van der Waals surface area contributed by atoms with Gasteiger partial charge in [0.25, 0.3) is 0 Å². The highest BCUT2D eigenvalue weighted by atomic mass is 35.5. The number of fused-ring (bicyclic) bond motifs is 2. The normalized spacial score (nSPS) is 29.3. The van der Waals surface area contributed by atoms with Gasteiger partial charge in [0.05, 0.1) is 33.1 Å². The Morgan fingerprint density at radius 3 is 2.90 bits per heavy atom. The van der Waals surface area contributed by atoms with Gasteiger partial charge in [-0.05, 0) is 30.4 Å². The van der Waals surface area contributed by atoms with Crippen molar-refractivity contribution in [3.63, 3.8) is 0 Å². The summed E-state index contributed by atoms with van der Waals surface area (Å²) in [6.45, 7) is 0. The fraction of sp³-hybridized carbons (Fsp3) is 0.368.